The van der Waals surface area contributed by atoms with Gasteiger partial charge in [-0.25, -0.2) is 0 Å². The number of benzene rings is 3. The van der Waals surface area contributed by atoms with Crippen LogP contribution in [0.1, 0.15) is 37.4 Å². The highest BCUT2D eigenvalue weighted by Crippen LogP contribution is 2.37. The van der Waals surface area contributed by atoms with Gasteiger partial charge in [0.2, 0.25) is 5.78 Å². The maximum atomic E-state index is 13.0. The molecule has 5 nitrogen and oxygen atoms in total. The minimum absolute atomic E-state index is 0.0484. The van der Waals surface area contributed by atoms with Gasteiger partial charge in [0.25, 0.3) is 0 Å². The van der Waals surface area contributed by atoms with E-state index in [4.69, 9.17) is 0 Å². The summed E-state index contributed by atoms with van der Waals surface area (Å²) in [5, 5.41) is 20.6. The molecule has 140 valence electrons. The normalized spacial score (nSPS) is 13.2. The van der Waals surface area contributed by atoms with Gasteiger partial charge in [-0.05, 0) is 30.3 Å². The van der Waals surface area contributed by atoms with Crippen LogP contribution in [0.5, 0.6) is 11.5 Å². The highest BCUT2D eigenvalue weighted by atomic mass is 16.3. The SMILES string of the molecule is C[N+](C)(Cc1cc(O)c2c(c1)C(=O)c1cccc(O)c1C2=O)c1ccccc1. The summed E-state index contributed by atoms with van der Waals surface area (Å²) in [7, 11) is 4.07. The van der Waals surface area contributed by atoms with Gasteiger partial charge in [0.15, 0.2) is 5.78 Å². The van der Waals surface area contributed by atoms with Crippen molar-refractivity contribution in [3.63, 3.8) is 0 Å². The standard InChI is InChI=1S/C23H19NO4/c1-24(2,15-7-4-3-5-8-15)13-14-11-17-21(19(26)12-14)23(28)20-16(22(17)27)9-6-10-18(20)25/h3-12H,13H2,1-2H3,(H-,25,26,28)/p+1. The average molecular weight is 374 g/mol. The highest BCUT2D eigenvalue weighted by molar-refractivity contribution is 6.30. The number of hydrogen-bond acceptors (Lipinski definition) is 4. The van der Waals surface area contributed by atoms with E-state index in [2.05, 4.69) is 0 Å². The molecule has 0 saturated carbocycles. The molecule has 0 unspecified atom stereocenters. The minimum atomic E-state index is -0.538. The number of phenolic OH excluding ortho intramolecular Hbond substituents is 2. The third-order valence-corrected chi connectivity index (χ3v) is 5.20. The first-order chi connectivity index (χ1) is 13.3. The van der Waals surface area contributed by atoms with E-state index in [1.807, 2.05) is 44.4 Å². The Bertz CT molecular complexity index is 1120. The molecule has 0 bridgehead atoms. The zero-order valence-corrected chi connectivity index (χ0v) is 15.6. The van der Waals surface area contributed by atoms with Gasteiger partial charge >= 0.3 is 0 Å². The van der Waals surface area contributed by atoms with Crippen LogP contribution in [0.15, 0.2) is 60.7 Å². The molecule has 1 aliphatic rings. The Labute approximate surface area is 162 Å². The molecule has 4 rings (SSSR count). The summed E-state index contributed by atoms with van der Waals surface area (Å²) >= 11 is 0. The Kier molecular flexibility index (Phi) is 4.05. The largest absolute Gasteiger partial charge is 0.507 e. The van der Waals surface area contributed by atoms with E-state index in [9.17, 15) is 19.8 Å². The molecule has 0 spiro atoms. The van der Waals surface area contributed by atoms with Crippen molar-refractivity contribution in [1.29, 1.82) is 0 Å². The van der Waals surface area contributed by atoms with Crippen molar-refractivity contribution in [2.75, 3.05) is 14.1 Å². The predicted molar refractivity (Wildman–Crippen MR) is 107 cm³/mol. The van der Waals surface area contributed by atoms with Gasteiger partial charge < -0.3 is 10.2 Å². The fraction of sp³-hybridized carbons (Fsp3) is 0.130. The van der Waals surface area contributed by atoms with E-state index in [-0.39, 0.29) is 39.5 Å². The summed E-state index contributed by atoms with van der Waals surface area (Å²) in [4.78, 5) is 25.8. The molecule has 0 heterocycles. The molecule has 2 N–H and O–H groups in total. The van der Waals surface area contributed by atoms with E-state index in [0.717, 1.165) is 11.3 Å². The van der Waals surface area contributed by atoms with E-state index in [1.165, 1.54) is 24.3 Å². The van der Waals surface area contributed by atoms with Crippen molar-refractivity contribution >= 4 is 17.3 Å². The summed E-state index contributed by atoms with van der Waals surface area (Å²) in [6, 6.07) is 17.5. The zero-order chi connectivity index (χ0) is 20.1. The van der Waals surface area contributed by atoms with E-state index >= 15 is 0 Å². The molecule has 0 radical (unpaired) electrons. The number of quaternary nitrogens is 1. The third-order valence-electron chi connectivity index (χ3n) is 5.20. The highest BCUT2D eigenvalue weighted by Gasteiger charge is 2.35. The lowest BCUT2D eigenvalue weighted by molar-refractivity contribution is 0.0974. The second-order valence-corrected chi connectivity index (χ2v) is 7.57. The third kappa shape index (κ3) is 2.77. The molecule has 1 aliphatic carbocycles. The van der Waals surface area contributed by atoms with Gasteiger partial charge in [0, 0.05) is 16.7 Å². The van der Waals surface area contributed by atoms with Crippen LogP contribution in [-0.4, -0.2) is 35.9 Å². The fourth-order valence-electron chi connectivity index (χ4n) is 3.81. The van der Waals surface area contributed by atoms with Crippen molar-refractivity contribution in [3.05, 3.63) is 88.5 Å². The summed E-state index contributed by atoms with van der Waals surface area (Å²) in [5.41, 5.74) is 2.06. The van der Waals surface area contributed by atoms with E-state index in [1.54, 1.807) is 6.07 Å². The van der Waals surface area contributed by atoms with Crippen LogP contribution in [0, 0.1) is 0 Å². The second kappa shape index (κ2) is 6.32. The van der Waals surface area contributed by atoms with Crippen LogP contribution in [0.4, 0.5) is 5.69 Å². The van der Waals surface area contributed by atoms with Crippen LogP contribution in [0.25, 0.3) is 0 Å². The molecule has 5 heteroatoms. The number of carbonyl (C=O) groups excluding carboxylic acids is 2. The van der Waals surface area contributed by atoms with Crippen molar-refractivity contribution in [3.8, 4) is 11.5 Å². The number of rotatable bonds is 3. The molecule has 0 atom stereocenters. The number of carbonyl (C=O) groups is 2. The number of nitrogens with zero attached hydrogens (tertiary/aromatic N) is 1. The molecule has 0 fully saturated rings. The Morgan fingerprint density at radius 3 is 2.14 bits per heavy atom. The monoisotopic (exact) mass is 374 g/mol. The molecule has 28 heavy (non-hydrogen) atoms. The number of phenols is 2. The first-order valence-electron chi connectivity index (χ1n) is 8.95. The maximum absolute atomic E-state index is 13.0. The Morgan fingerprint density at radius 1 is 0.750 bits per heavy atom. The summed E-state index contributed by atoms with van der Waals surface area (Å²) in [5.74, 6) is -1.41. The number of hydrogen-bond donors (Lipinski definition) is 2. The minimum Gasteiger partial charge on any atom is -0.507 e. The zero-order valence-electron chi connectivity index (χ0n) is 15.6. The molecular formula is C23H20NO4+. The lowest BCUT2D eigenvalue weighted by atomic mass is 9.82. The van der Waals surface area contributed by atoms with Gasteiger partial charge in [-0.2, -0.15) is 0 Å². The second-order valence-electron chi connectivity index (χ2n) is 7.57. The first kappa shape index (κ1) is 17.9. The van der Waals surface area contributed by atoms with Crippen molar-refractivity contribution in [1.82, 2.24) is 4.48 Å². The topological polar surface area (TPSA) is 74.6 Å². The first-order valence-corrected chi connectivity index (χ1v) is 8.95. The Balaban J connectivity index is 1.80. The summed E-state index contributed by atoms with van der Waals surface area (Å²) < 4.78 is 0.512. The number of para-hydroxylation sites is 1. The Morgan fingerprint density at radius 2 is 1.43 bits per heavy atom. The molecule has 0 aromatic heterocycles. The van der Waals surface area contributed by atoms with Crippen LogP contribution in [0.2, 0.25) is 0 Å². The average Bonchev–Trinajstić information content (AvgIpc) is 2.66. The van der Waals surface area contributed by atoms with Crippen LogP contribution < -0.4 is 4.48 Å². The maximum Gasteiger partial charge on any atom is 0.201 e. The predicted octanol–water partition coefficient (Wildman–Crippen LogP) is 3.64. The lowest BCUT2D eigenvalue weighted by Crippen LogP contribution is -2.39. The molecule has 3 aromatic carbocycles. The molecule has 0 aliphatic heterocycles. The van der Waals surface area contributed by atoms with E-state index in [0.29, 0.717) is 11.0 Å². The van der Waals surface area contributed by atoms with Gasteiger partial charge in [-0.1, -0.05) is 30.3 Å². The quantitative estimate of drug-likeness (QED) is 0.537. The molecule has 0 amide bonds. The smallest absolute Gasteiger partial charge is 0.201 e. The van der Waals surface area contributed by atoms with Crippen LogP contribution in [0.3, 0.4) is 0 Å². The van der Waals surface area contributed by atoms with Crippen LogP contribution >= 0.6 is 0 Å². The lowest BCUT2D eigenvalue weighted by Gasteiger charge is -2.30. The number of aromatic hydroxyl groups is 2. The summed E-state index contributed by atoms with van der Waals surface area (Å²) in [6.07, 6.45) is 0. The van der Waals surface area contributed by atoms with Gasteiger partial charge in [0.1, 0.15) is 23.7 Å². The van der Waals surface area contributed by atoms with Gasteiger partial charge in [0.05, 0.1) is 25.2 Å². The number of ketones is 2. The molecule has 0 saturated heterocycles. The van der Waals surface area contributed by atoms with Gasteiger partial charge in [-0.15, -0.1) is 0 Å². The van der Waals surface area contributed by atoms with Gasteiger partial charge in [-0.3, -0.25) is 14.1 Å². The van der Waals surface area contributed by atoms with Crippen molar-refractivity contribution in [2.24, 2.45) is 0 Å². The van der Waals surface area contributed by atoms with Crippen LogP contribution in [-0.2, 0) is 6.54 Å². The summed E-state index contributed by atoms with van der Waals surface area (Å²) in [6.45, 7) is 0.527. The van der Waals surface area contributed by atoms with Crippen molar-refractivity contribution in [2.45, 2.75) is 6.54 Å². The molecule has 3 aromatic rings. The Hall–Kier alpha value is -3.44. The number of fused-ring (bicyclic) bond motifs is 2. The fourth-order valence-corrected chi connectivity index (χ4v) is 3.81. The molecular weight excluding hydrogens is 354 g/mol. The van der Waals surface area contributed by atoms with Crippen molar-refractivity contribution < 1.29 is 19.8 Å². The van der Waals surface area contributed by atoms with E-state index < -0.39 is 5.78 Å².